The summed E-state index contributed by atoms with van der Waals surface area (Å²) < 4.78 is 25.0. The second-order valence-electron chi connectivity index (χ2n) is 10.5. The van der Waals surface area contributed by atoms with Gasteiger partial charge in [-0.2, -0.15) is 0 Å². The Morgan fingerprint density at radius 3 is 2.47 bits per heavy atom. The van der Waals surface area contributed by atoms with Crippen molar-refractivity contribution < 1.29 is 18.7 Å². The fraction of sp³-hybridized carbons (Fsp3) is 0.640. The lowest BCUT2D eigenvalue weighted by Gasteiger charge is -2.52. The fourth-order valence-corrected chi connectivity index (χ4v) is 7.21. The maximum atomic E-state index is 6.73. The van der Waals surface area contributed by atoms with Crippen molar-refractivity contribution in [1.29, 1.82) is 0 Å². The average molecular weight is 478 g/mol. The van der Waals surface area contributed by atoms with Gasteiger partial charge in [0.2, 0.25) is 0 Å². The average Bonchev–Trinajstić information content (AvgIpc) is 3.26. The van der Waals surface area contributed by atoms with E-state index in [1.54, 1.807) is 0 Å². The smallest absolute Gasteiger partial charge is 0.176 e. The van der Waals surface area contributed by atoms with Crippen LogP contribution in [0.25, 0.3) is 11.3 Å². The van der Waals surface area contributed by atoms with Crippen LogP contribution < -0.4 is 0 Å². The van der Waals surface area contributed by atoms with Crippen molar-refractivity contribution in [3.63, 3.8) is 0 Å². The summed E-state index contributed by atoms with van der Waals surface area (Å²) in [4.78, 5) is 0. The minimum Gasteiger partial charge on any atom is -0.370 e. The van der Waals surface area contributed by atoms with Gasteiger partial charge in [0, 0.05) is 28.4 Å². The molecule has 2 heterocycles. The lowest BCUT2D eigenvalue weighted by atomic mass is 9.65. The monoisotopic (exact) mass is 477 g/mol. The van der Waals surface area contributed by atoms with Gasteiger partial charge in [-0.3, -0.25) is 0 Å². The summed E-state index contributed by atoms with van der Waals surface area (Å²) in [6.45, 7) is 6.36. The maximum Gasteiger partial charge on any atom is 0.176 e. The molecule has 5 nitrogen and oxygen atoms in total. The standard InChI is InChI=1S/C25H29Cl2NO4/c1-23-9-8-16(25(23)29-10-11-30-25)12-24(2,14-23)31-13-17-21(28-32-22(17)15-6-7-15)20-18(26)4-3-5-19(20)27/h3-5,15-16H,6-14H2,1-2H3/t16-,23?,24?/m0/s1. The fourth-order valence-electron chi connectivity index (χ4n) is 6.63. The third kappa shape index (κ3) is 3.19. The molecule has 3 saturated carbocycles. The van der Waals surface area contributed by atoms with E-state index in [2.05, 4.69) is 19.0 Å². The van der Waals surface area contributed by atoms with Crippen LogP contribution in [0.15, 0.2) is 22.7 Å². The number of hydrogen-bond acceptors (Lipinski definition) is 5. The lowest BCUT2D eigenvalue weighted by Crippen LogP contribution is -2.57. The van der Waals surface area contributed by atoms with E-state index in [-0.39, 0.29) is 11.0 Å². The van der Waals surface area contributed by atoms with Crippen molar-refractivity contribution in [2.24, 2.45) is 11.3 Å². The molecule has 1 aromatic carbocycles. The van der Waals surface area contributed by atoms with Gasteiger partial charge >= 0.3 is 0 Å². The highest BCUT2D eigenvalue weighted by molar-refractivity contribution is 6.39. The largest absolute Gasteiger partial charge is 0.370 e. The molecular weight excluding hydrogens is 449 g/mol. The van der Waals surface area contributed by atoms with Crippen molar-refractivity contribution in [3.8, 4) is 11.3 Å². The zero-order valence-electron chi connectivity index (χ0n) is 18.6. The summed E-state index contributed by atoms with van der Waals surface area (Å²) >= 11 is 13.0. The van der Waals surface area contributed by atoms with E-state index < -0.39 is 5.79 Å². The van der Waals surface area contributed by atoms with Crippen LogP contribution in [0.3, 0.4) is 0 Å². The summed E-state index contributed by atoms with van der Waals surface area (Å²) in [5.74, 6) is 1.26. The molecule has 1 saturated heterocycles. The molecule has 4 aliphatic rings. The van der Waals surface area contributed by atoms with Gasteiger partial charge in [0.15, 0.2) is 5.79 Å². The van der Waals surface area contributed by atoms with Gasteiger partial charge in [-0.25, -0.2) is 0 Å². The topological polar surface area (TPSA) is 53.7 Å². The van der Waals surface area contributed by atoms with Gasteiger partial charge in [-0.1, -0.05) is 41.3 Å². The maximum absolute atomic E-state index is 6.73. The highest BCUT2D eigenvalue weighted by Gasteiger charge is 2.67. The molecule has 6 rings (SSSR count). The van der Waals surface area contributed by atoms with Crippen molar-refractivity contribution in [2.75, 3.05) is 13.2 Å². The van der Waals surface area contributed by atoms with E-state index in [0.717, 1.165) is 55.4 Å². The molecule has 1 spiro atoms. The molecule has 3 atom stereocenters. The summed E-state index contributed by atoms with van der Waals surface area (Å²) in [5, 5.41) is 5.55. The number of halogens is 2. The first-order valence-corrected chi connectivity index (χ1v) is 12.4. The predicted molar refractivity (Wildman–Crippen MR) is 122 cm³/mol. The van der Waals surface area contributed by atoms with Crippen molar-refractivity contribution in [1.82, 2.24) is 5.16 Å². The van der Waals surface area contributed by atoms with Crippen LogP contribution in [0.1, 0.15) is 69.6 Å². The Morgan fingerprint density at radius 2 is 1.81 bits per heavy atom. The van der Waals surface area contributed by atoms with Crippen LogP contribution in [0, 0.1) is 11.3 Å². The quantitative estimate of drug-likeness (QED) is 0.476. The molecule has 3 aliphatic carbocycles. The summed E-state index contributed by atoms with van der Waals surface area (Å²) in [6, 6.07) is 5.51. The van der Waals surface area contributed by atoms with Crippen LogP contribution >= 0.6 is 23.2 Å². The highest BCUT2D eigenvalue weighted by Crippen LogP contribution is 2.64. The third-order valence-corrected chi connectivity index (χ3v) is 8.74. The van der Waals surface area contributed by atoms with Gasteiger partial charge in [-0.05, 0) is 57.6 Å². The number of nitrogens with zero attached hydrogens (tertiary/aromatic N) is 1. The van der Waals surface area contributed by atoms with E-state index in [1.807, 2.05) is 18.2 Å². The van der Waals surface area contributed by atoms with E-state index in [1.165, 1.54) is 0 Å². The Kier molecular flexibility index (Phi) is 4.98. The Morgan fingerprint density at radius 1 is 1.09 bits per heavy atom. The molecule has 32 heavy (non-hydrogen) atoms. The Hall–Kier alpha value is -1.11. The normalized spacial score (nSPS) is 33.3. The molecule has 172 valence electrons. The van der Waals surface area contributed by atoms with E-state index in [0.29, 0.717) is 47.4 Å². The second-order valence-corrected chi connectivity index (χ2v) is 11.3. The molecule has 0 N–H and O–H groups in total. The minimum atomic E-state index is -0.428. The van der Waals surface area contributed by atoms with Gasteiger partial charge in [-0.15, -0.1) is 0 Å². The SMILES string of the molecule is CC1(OCc2c(-c3c(Cl)cccc3Cl)noc2C2CC2)C[C@@H]2CCC(C)(C1)C21OCCO1. The van der Waals surface area contributed by atoms with Crippen LogP contribution in [-0.2, 0) is 20.8 Å². The Bertz CT molecular complexity index is 1020. The van der Waals surface area contributed by atoms with E-state index >= 15 is 0 Å². The first-order valence-electron chi connectivity index (χ1n) is 11.7. The summed E-state index contributed by atoms with van der Waals surface area (Å²) in [5.41, 5.74) is 2.10. The summed E-state index contributed by atoms with van der Waals surface area (Å²) in [6.07, 6.45) is 6.30. The summed E-state index contributed by atoms with van der Waals surface area (Å²) in [7, 11) is 0. The van der Waals surface area contributed by atoms with Gasteiger partial charge in [0.1, 0.15) is 11.5 Å². The number of rotatable bonds is 5. The van der Waals surface area contributed by atoms with Crippen molar-refractivity contribution in [2.45, 2.75) is 76.3 Å². The number of hydrogen-bond donors (Lipinski definition) is 0. The highest BCUT2D eigenvalue weighted by atomic mass is 35.5. The van der Waals surface area contributed by atoms with Crippen LogP contribution in [-0.4, -0.2) is 29.8 Å². The molecular formula is C25H29Cl2NO4. The Labute approximate surface area is 198 Å². The molecule has 7 heteroatoms. The lowest BCUT2D eigenvalue weighted by molar-refractivity contribution is -0.285. The van der Waals surface area contributed by atoms with Crippen LogP contribution in [0.2, 0.25) is 10.0 Å². The van der Waals surface area contributed by atoms with Crippen molar-refractivity contribution in [3.05, 3.63) is 39.6 Å². The van der Waals surface area contributed by atoms with E-state index in [9.17, 15) is 0 Å². The van der Waals surface area contributed by atoms with E-state index in [4.69, 9.17) is 41.9 Å². The zero-order chi connectivity index (χ0) is 22.1. The number of ether oxygens (including phenoxy) is 3. The minimum absolute atomic E-state index is 0.0377. The predicted octanol–water partition coefficient (Wildman–Crippen LogP) is 6.75. The van der Waals surface area contributed by atoms with Gasteiger partial charge in [0.25, 0.3) is 0 Å². The number of benzene rings is 1. The first-order chi connectivity index (χ1) is 15.3. The van der Waals surface area contributed by atoms with Crippen molar-refractivity contribution >= 4 is 23.2 Å². The zero-order valence-corrected chi connectivity index (χ0v) is 20.1. The van der Waals surface area contributed by atoms with Gasteiger partial charge < -0.3 is 18.7 Å². The molecule has 0 radical (unpaired) electrons. The second kappa shape index (κ2) is 7.44. The Balaban J connectivity index is 1.30. The number of aromatic nitrogens is 1. The molecule has 4 fully saturated rings. The van der Waals surface area contributed by atoms with Crippen LogP contribution in [0.4, 0.5) is 0 Å². The molecule has 1 aromatic heterocycles. The molecule has 0 amide bonds. The third-order valence-electron chi connectivity index (χ3n) is 8.11. The molecule has 1 aliphatic heterocycles. The molecule has 2 bridgehead atoms. The molecule has 2 unspecified atom stereocenters. The molecule has 2 aromatic rings. The van der Waals surface area contributed by atoms with Gasteiger partial charge in [0.05, 0.1) is 35.5 Å². The van der Waals surface area contributed by atoms with Crippen LogP contribution in [0.5, 0.6) is 0 Å². The first kappa shape index (κ1) is 21.4.